The number of halogens is 1. The van der Waals surface area contributed by atoms with Gasteiger partial charge in [-0.05, 0) is 41.8 Å². The van der Waals surface area contributed by atoms with E-state index in [0.29, 0.717) is 18.8 Å². The predicted molar refractivity (Wildman–Crippen MR) is 101 cm³/mol. The number of anilines is 1. The van der Waals surface area contributed by atoms with Crippen molar-refractivity contribution in [1.29, 1.82) is 0 Å². The third-order valence-electron chi connectivity index (χ3n) is 4.63. The Labute approximate surface area is 155 Å². The highest BCUT2D eigenvalue weighted by molar-refractivity contribution is 7.13. The quantitative estimate of drug-likeness (QED) is 0.711. The molecule has 0 aliphatic carbocycles. The number of piperazine rings is 1. The second-order valence-electron chi connectivity index (χ2n) is 6.27. The van der Waals surface area contributed by atoms with Crippen LogP contribution >= 0.6 is 11.3 Å². The van der Waals surface area contributed by atoms with E-state index in [-0.39, 0.29) is 11.7 Å². The molecule has 2 aromatic heterocycles. The van der Waals surface area contributed by atoms with Crippen LogP contribution in [0.5, 0.6) is 0 Å². The molecule has 134 valence electrons. The molecule has 0 saturated carbocycles. The van der Waals surface area contributed by atoms with Gasteiger partial charge in [-0.1, -0.05) is 6.07 Å². The molecule has 1 amide bonds. The number of carbonyl (C=O) groups is 1. The maximum atomic E-state index is 13.1. The number of aromatic nitrogens is 2. The minimum Gasteiger partial charge on any atom is -0.368 e. The SMILES string of the molecule is Cn1nc(-c2cccs2)cc1C(=O)N1CCN(c2ccc(F)cc2)CC1. The molecule has 5 nitrogen and oxygen atoms in total. The first-order valence-electron chi connectivity index (χ1n) is 8.49. The average molecular weight is 370 g/mol. The minimum absolute atomic E-state index is 0.00145. The van der Waals surface area contributed by atoms with Gasteiger partial charge in [0.2, 0.25) is 0 Å². The van der Waals surface area contributed by atoms with Crippen molar-refractivity contribution in [3.05, 3.63) is 59.4 Å². The first-order valence-corrected chi connectivity index (χ1v) is 9.37. The maximum Gasteiger partial charge on any atom is 0.272 e. The first kappa shape index (κ1) is 16.8. The summed E-state index contributed by atoms with van der Waals surface area (Å²) >= 11 is 1.61. The fourth-order valence-corrected chi connectivity index (χ4v) is 3.88. The Hall–Kier alpha value is -2.67. The van der Waals surface area contributed by atoms with Gasteiger partial charge in [-0.15, -0.1) is 11.3 Å². The molecule has 1 fully saturated rings. The van der Waals surface area contributed by atoms with Gasteiger partial charge in [-0.3, -0.25) is 9.48 Å². The van der Waals surface area contributed by atoms with Crippen molar-refractivity contribution in [3.8, 4) is 10.6 Å². The Morgan fingerprint density at radius 1 is 1.12 bits per heavy atom. The van der Waals surface area contributed by atoms with E-state index in [4.69, 9.17) is 0 Å². The highest BCUT2D eigenvalue weighted by atomic mass is 32.1. The van der Waals surface area contributed by atoms with Crippen LogP contribution in [0.2, 0.25) is 0 Å². The molecule has 1 saturated heterocycles. The molecule has 0 atom stereocenters. The molecular weight excluding hydrogens is 351 g/mol. The van der Waals surface area contributed by atoms with Gasteiger partial charge in [0.15, 0.2) is 0 Å². The van der Waals surface area contributed by atoms with Gasteiger partial charge in [0.1, 0.15) is 17.2 Å². The van der Waals surface area contributed by atoms with Crippen LogP contribution in [0.25, 0.3) is 10.6 Å². The van der Waals surface area contributed by atoms with Gasteiger partial charge in [-0.2, -0.15) is 5.10 Å². The van der Waals surface area contributed by atoms with Crippen molar-refractivity contribution in [2.24, 2.45) is 7.05 Å². The zero-order valence-electron chi connectivity index (χ0n) is 14.4. The standard InChI is InChI=1S/C19H19FN4OS/c1-22-17(13-16(21-22)18-3-2-12-26-18)19(25)24-10-8-23(9-11-24)15-6-4-14(20)5-7-15/h2-7,12-13H,8-11H2,1H3. The van der Waals surface area contributed by atoms with Crippen LogP contribution in [0.4, 0.5) is 10.1 Å². The van der Waals surface area contributed by atoms with E-state index < -0.39 is 0 Å². The molecule has 3 aromatic rings. The van der Waals surface area contributed by atoms with Crippen molar-refractivity contribution < 1.29 is 9.18 Å². The van der Waals surface area contributed by atoms with E-state index in [0.717, 1.165) is 29.3 Å². The summed E-state index contributed by atoms with van der Waals surface area (Å²) in [4.78, 5) is 18.0. The Balaban J connectivity index is 1.44. The monoisotopic (exact) mass is 370 g/mol. The molecule has 4 rings (SSSR count). The van der Waals surface area contributed by atoms with Crippen LogP contribution in [0.15, 0.2) is 47.8 Å². The molecule has 0 unspecified atom stereocenters. The van der Waals surface area contributed by atoms with Crippen LogP contribution in [-0.2, 0) is 7.05 Å². The number of amides is 1. The number of thiophene rings is 1. The Bertz CT molecular complexity index is 896. The first-order chi connectivity index (χ1) is 12.6. The van der Waals surface area contributed by atoms with Crippen LogP contribution in [0.1, 0.15) is 10.5 Å². The number of carbonyl (C=O) groups excluding carboxylic acids is 1. The third kappa shape index (κ3) is 3.22. The summed E-state index contributed by atoms with van der Waals surface area (Å²) in [6.07, 6.45) is 0. The second-order valence-corrected chi connectivity index (χ2v) is 7.22. The topological polar surface area (TPSA) is 41.4 Å². The summed E-state index contributed by atoms with van der Waals surface area (Å²) in [5.41, 5.74) is 2.42. The molecule has 0 N–H and O–H groups in total. The predicted octanol–water partition coefficient (Wildman–Crippen LogP) is 3.25. The van der Waals surface area contributed by atoms with Gasteiger partial charge in [0.05, 0.1) is 4.88 Å². The van der Waals surface area contributed by atoms with Gasteiger partial charge in [0, 0.05) is 38.9 Å². The summed E-state index contributed by atoms with van der Waals surface area (Å²) < 4.78 is 14.7. The number of rotatable bonds is 3. The van der Waals surface area contributed by atoms with Crippen LogP contribution in [0.3, 0.4) is 0 Å². The van der Waals surface area contributed by atoms with E-state index in [1.54, 1.807) is 35.2 Å². The van der Waals surface area contributed by atoms with Crippen LogP contribution in [-0.4, -0.2) is 46.8 Å². The number of aryl methyl sites for hydroxylation is 1. The lowest BCUT2D eigenvalue weighted by Crippen LogP contribution is -2.49. The minimum atomic E-state index is -0.236. The zero-order valence-corrected chi connectivity index (χ0v) is 15.2. The van der Waals surface area contributed by atoms with Gasteiger partial charge >= 0.3 is 0 Å². The van der Waals surface area contributed by atoms with Gasteiger partial charge < -0.3 is 9.80 Å². The van der Waals surface area contributed by atoms with E-state index in [2.05, 4.69) is 10.00 Å². The second kappa shape index (κ2) is 6.92. The molecule has 0 radical (unpaired) electrons. The highest BCUT2D eigenvalue weighted by Crippen LogP contribution is 2.25. The van der Waals surface area contributed by atoms with E-state index >= 15 is 0 Å². The fraction of sp³-hybridized carbons (Fsp3) is 0.263. The van der Waals surface area contributed by atoms with Gasteiger partial charge in [-0.25, -0.2) is 4.39 Å². The maximum absolute atomic E-state index is 13.1. The fourth-order valence-electron chi connectivity index (χ4n) is 3.19. The highest BCUT2D eigenvalue weighted by Gasteiger charge is 2.25. The number of nitrogens with zero attached hydrogens (tertiary/aromatic N) is 4. The lowest BCUT2D eigenvalue weighted by molar-refractivity contribution is 0.0735. The third-order valence-corrected chi connectivity index (χ3v) is 5.52. The number of benzene rings is 1. The lowest BCUT2D eigenvalue weighted by atomic mass is 10.2. The summed E-state index contributed by atoms with van der Waals surface area (Å²) in [5, 5.41) is 6.47. The normalized spacial score (nSPS) is 14.7. The Kier molecular flexibility index (Phi) is 4.46. The number of hydrogen-bond donors (Lipinski definition) is 0. The Morgan fingerprint density at radius 2 is 1.85 bits per heavy atom. The molecule has 1 aliphatic heterocycles. The molecule has 26 heavy (non-hydrogen) atoms. The van der Waals surface area contributed by atoms with Crippen molar-refractivity contribution in [1.82, 2.24) is 14.7 Å². The number of hydrogen-bond acceptors (Lipinski definition) is 4. The van der Waals surface area contributed by atoms with E-state index in [9.17, 15) is 9.18 Å². The van der Waals surface area contributed by atoms with Crippen LogP contribution < -0.4 is 4.90 Å². The zero-order chi connectivity index (χ0) is 18.1. The van der Waals surface area contributed by atoms with Crippen molar-refractivity contribution in [2.45, 2.75) is 0 Å². The summed E-state index contributed by atoms with van der Waals surface area (Å²) in [5.74, 6) is -0.234. The lowest BCUT2D eigenvalue weighted by Gasteiger charge is -2.36. The van der Waals surface area contributed by atoms with Crippen molar-refractivity contribution in [2.75, 3.05) is 31.1 Å². The molecule has 1 aromatic carbocycles. The molecular formula is C19H19FN4OS. The van der Waals surface area contributed by atoms with Crippen LogP contribution in [0, 0.1) is 5.82 Å². The molecule has 3 heterocycles. The Morgan fingerprint density at radius 3 is 2.50 bits per heavy atom. The smallest absolute Gasteiger partial charge is 0.272 e. The van der Waals surface area contributed by atoms with Crippen molar-refractivity contribution in [3.63, 3.8) is 0 Å². The summed E-state index contributed by atoms with van der Waals surface area (Å²) in [6, 6.07) is 12.3. The van der Waals surface area contributed by atoms with Gasteiger partial charge in [0.25, 0.3) is 5.91 Å². The molecule has 0 bridgehead atoms. The average Bonchev–Trinajstić information content (AvgIpc) is 3.31. The molecule has 0 spiro atoms. The summed E-state index contributed by atoms with van der Waals surface area (Å²) in [6.45, 7) is 2.73. The summed E-state index contributed by atoms with van der Waals surface area (Å²) in [7, 11) is 1.80. The molecule has 7 heteroatoms. The molecule has 1 aliphatic rings. The van der Waals surface area contributed by atoms with Crippen molar-refractivity contribution >= 4 is 22.9 Å². The van der Waals surface area contributed by atoms with E-state index in [1.807, 2.05) is 28.5 Å². The largest absolute Gasteiger partial charge is 0.368 e. The van der Waals surface area contributed by atoms with E-state index in [1.165, 1.54) is 12.1 Å².